The molecule has 0 bridgehead atoms. The monoisotopic (exact) mass is 382 g/mol. The highest BCUT2D eigenvalue weighted by atomic mass is 16.3. The van der Waals surface area contributed by atoms with E-state index in [0.717, 1.165) is 16.7 Å². The van der Waals surface area contributed by atoms with Crippen LogP contribution < -0.4 is 10.2 Å². The van der Waals surface area contributed by atoms with Gasteiger partial charge in [0.05, 0.1) is 17.9 Å². The van der Waals surface area contributed by atoms with Gasteiger partial charge in [-0.3, -0.25) is 9.59 Å². The summed E-state index contributed by atoms with van der Waals surface area (Å²) in [7, 11) is 0. The number of aryl methyl sites for hydroxylation is 1. The van der Waals surface area contributed by atoms with E-state index >= 15 is 0 Å². The molecule has 2 amide bonds. The van der Waals surface area contributed by atoms with Gasteiger partial charge in [0, 0.05) is 24.1 Å². The van der Waals surface area contributed by atoms with Gasteiger partial charge in [0.15, 0.2) is 0 Å². The van der Waals surface area contributed by atoms with Crippen LogP contribution >= 0.6 is 0 Å². The second-order valence-corrected chi connectivity index (χ2v) is 7.36. The molecule has 1 atom stereocenters. The van der Waals surface area contributed by atoms with Crippen molar-refractivity contribution in [1.82, 2.24) is 5.32 Å². The molecule has 0 fully saturated rings. The van der Waals surface area contributed by atoms with Gasteiger partial charge in [-0.25, -0.2) is 0 Å². The lowest BCUT2D eigenvalue weighted by molar-refractivity contribution is -0.121. The van der Waals surface area contributed by atoms with Crippen molar-refractivity contribution in [3.8, 4) is 11.1 Å². The highest BCUT2D eigenvalue weighted by Crippen LogP contribution is 2.35. The summed E-state index contributed by atoms with van der Waals surface area (Å²) in [5.41, 5.74) is 3.95. The third kappa shape index (κ3) is 4.78. The third-order valence-electron chi connectivity index (χ3n) is 4.64. The van der Waals surface area contributed by atoms with Crippen LogP contribution in [0.25, 0.3) is 11.1 Å². The first kappa shape index (κ1) is 21.6. The summed E-state index contributed by atoms with van der Waals surface area (Å²) < 4.78 is 0. The number of nitrogens with one attached hydrogen (secondary N) is 1. The van der Waals surface area contributed by atoms with E-state index in [2.05, 4.69) is 5.32 Å². The fourth-order valence-corrected chi connectivity index (χ4v) is 3.07. The Labute approximate surface area is 167 Å². The zero-order chi connectivity index (χ0) is 20.8. The number of rotatable bonds is 7. The van der Waals surface area contributed by atoms with Crippen molar-refractivity contribution in [3.63, 3.8) is 0 Å². The van der Waals surface area contributed by atoms with E-state index < -0.39 is 0 Å². The lowest BCUT2D eigenvalue weighted by atomic mass is 9.96. The van der Waals surface area contributed by atoms with Crippen molar-refractivity contribution >= 4 is 17.5 Å². The van der Waals surface area contributed by atoms with E-state index in [1.165, 1.54) is 0 Å². The number of carbonyl (C=O) groups is 2. The Bertz CT molecular complexity index is 828. The second-order valence-electron chi connectivity index (χ2n) is 7.36. The SMILES string of the molecule is CCN(C(=O)C(C)C)c1c(C(=O)N[C@@H](C)CO)cccc1-c1ccc(C)cc1. The Hall–Kier alpha value is -2.66. The second kappa shape index (κ2) is 9.51. The Morgan fingerprint density at radius 3 is 2.25 bits per heavy atom. The van der Waals surface area contributed by atoms with Crippen LogP contribution in [-0.4, -0.2) is 36.1 Å². The number of amides is 2. The Morgan fingerprint density at radius 2 is 1.71 bits per heavy atom. The molecule has 2 aromatic rings. The first-order valence-electron chi connectivity index (χ1n) is 9.73. The first-order chi connectivity index (χ1) is 13.3. The number of hydrogen-bond donors (Lipinski definition) is 2. The molecule has 0 spiro atoms. The van der Waals surface area contributed by atoms with E-state index in [4.69, 9.17) is 0 Å². The van der Waals surface area contributed by atoms with Gasteiger partial charge in [-0.1, -0.05) is 55.8 Å². The Balaban J connectivity index is 2.68. The highest BCUT2D eigenvalue weighted by Gasteiger charge is 2.26. The molecule has 0 heterocycles. The van der Waals surface area contributed by atoms with Gasteiger partial charge in [0.25, 0.3) is 5.91 Å². The number of hydrogen-bond acceptors (Lipinski definition) is 3. The summed E-state index contributed by atoms with van der Waals surface area (Å²) in [6, 6.07) is 13.1. The predicted molar refractivity (Wildman–Crippen MR) is 113 cm³/mol. The molecule has 28 heavy (non-hydrogen) atoms. The number of aliphatic hydroxyl groups is 1. The summed E-state index contributed by atoms with van der Waals surface area (Å²) in [5.74, 6) is -0.537. The highest BCUT2D eigenvalue weighted by molar-refractivity contribution is 6.09. The van der Waals surface area contributed by atoms with Crippen LogP contribution in [0.4, 0.5) is 5.69 Å². The normalized spacial score (nSPS) is 12.0. The zero-order valence-corrected chi connectivity index (χ0v) is 17.3. The Kier molecular flexibility index (Phi) is 7.35. The van der Waals surface area contributed by atoms with E-state index in [1.54, 1.807) is 17.9 Å². The van der Waals surface area contributed by atoms with Gasteiger partial charge in [-0.15, -0.1) is 0 Å². The largest absolute Gasteiger partial charge is 0.394 e. The molecule has 0 aliphatic carbocycles. The number of aliphatic hydroxyl groups excluding tert-OH is 1. The maximum atomic E-state index is 12.9. The van der Waals surface area contributed by atoms with Gasteiger partial charge in [-0.2, -0.15) is 0 Å². The maximum Gasteiger partial charge on any atom is 0.253 e. The molecule has 2 rings (SSSR count). The molecule has 0 unspecified atom stereocenters. The van der Waals surface area contributed by atoms with Crippen molar-refractivity contribution in [2.45, 2.75) is 40.7 Å². The molecule has 2 aromatic carbocycles. The van der Waals surface area contributed by atoms with Crippen LogP contribution in [0.3, 0.4) is 0 Å². The van der Waals surface area contributed by atoms with Gasteiger partial charge < -0.3 is 15.3 Å². The number of anilines is 1. The fourth-order valence-electron chi connectivity index (χ4n) is 3.07. The zero-order valence-electron chi connectivity index (χ0n) is 17.3. The molecular formula is C23H30N2O3. The minimum absolute atomic E-state index is 0.0358. The van der Waals surface area contributed by atoms with E-state index in [1.807, 2.05) is 64.1 Å². The molecule has 0 radical (unpaired) electrons. The topological polar surface area (TPSA) is 69.6 Å². The summed E-state index contributed by atoms with van der Waals surface area (Å²) in [6.07, 6.45) is 0. The lowest BCUT2D eigenvalue weighted by Crippen LogP contribution is -2.39. The molecule has 0 aromatic heterocycles. The number of para-hydroxylation sites is 1. The average Bonchev–Trinajstić information content (AvgIpc) is 2.68. The van der Waals surface area contributed by atoms with Crippen molar-refractivity contribution in [1.29, 1.82) is 0 Å². The molecule has 0 aliphatic rings. The molecule has 0 saturated carbocycles. The van der Waals surface area contributed by atoms with E-state index in [9.17, 15) is 14.7 Å². The summed E-state index contributed by atoms with van der Waals surface area (Å²) in [6.45, 7) is 9.67. The first-order valence-corrected chi connectivity index (χ1v) is 9.73. The van der Waals surface area contributed by atoms with Gasteiger partial charge in [0.1, 0.15) is 0 Å². The Morgan fingerprint density at radius 1 is 1.07 bits per heavy atom. The van der Waals surface area contributed by atoms with Crippen molar-refractivity contribution in [2.75, 3.05) is 18.1 Å². The van der Waals surface area contributed by atoms with Crippen molar-refractivity contribution in [2.24, 2.45) is 5.92 Å². The van der Waals surface area contributed by atoms with Gasteiger partial charge in [0.2, 0.25) is 5.91 Å². The van der Waals surface area contributed by atoms with Crippen molar-refractivity contribution < 1.29 is 14.7 Å². The number of nitrogens with zero attached hydrogens (tertiary/aromatic N) is 1. The predicted octanol–water partition coefficient (Wildman–Crippen LogP) is 3.78. The van der Waals surface area contributed by atoms with Crippen molar-refractivity contribution in [3.05, 3.63) is 53.6 Å². The molecule has 2 N–H and O–H groups in total. The molecular weight excluding hydrogens is 352 g/mol. The third-order valence-corrected chi connectivity index (χ3v) is 4.64. The summed E-state index contributed by atoms with van der Waals surface area (Å²) >= 11 is 0. The lowest BCUT2D eigenvalue weighted by Gasteiger charge is -2.28. The van der Waals surface area contributed by atoms with Gasteiger partial charge >= 0.3 is 0 Å². The minimum Gasteiger partial charge on any atom is -0.394 e. The summed E-state index contributed by atoms with van der Waals surface area (Å²) in [5, 5.41) is 12.1. The standard InChI is InChI=1S/C23H30N2O3/c1-6-25(23(28)15(2)3)21-19(18-12-10-16(4)11-13-18)8-7-9-20(21)22(27)24-17(5)14-26/h7-13,15,17,26H,6,14H2,1-5H3,(H,24,27)/t17-/m0/s1. The van der Waals surface area contributed by atoms with Crippen LogP contribution in [0.5, 0.6) is 0 Å². The number of benzene rings is 2. The number of carbonyl (C=O) groups excluding carboxylic acids is 2. The molecule has 5 nitrogen and oxygen atoms in total. The van der Waals surface area contributed by atoms with Crippen LogP contribution in [0, 0.1) is 12.8 Å². The summed E-state index contributed by atoms with van der Waals surface area (Å²) in [4.78, 5) is 27.5. The van der Waals surface area contributed by atoms with Crippen LogP contribution in [0.1, 0.15) is 43.6 Å². The maximum absolute atomic E-state index is 12.9. The molecule has 0 aliphatic heterocycles. The minimum atomic E-state index is -0.376. The fraction of sp³-hybridized carbons (Fsp3) is 0.391. The van der Waals surface area contributed by atoms with Crippen LogP contribution in [-0.2, 0) is 4.79 Å². The van der Waals surface area contributed by atoms with Crippen LogP contribution in [0.15, 0.2) is 42.5 Å². The molecule has 150 valence electrons. The van der Waals surface area contributed by atoms with E-state index in [0.29, 0.717) is 17.8 Å². The molecule has 0 saturated heterocycles. The average molecular weight is 383 g/mol. The van der Waals surface area contributed by atoms with Gasteiger partial charge in [-0.05, 0) is 32.4 Å². The molecule has 5 heteroatoms. The smallest absolute Gasteiger partial charge is 0.253 e. The quantitative estimate of drug-likeness (QED) is 0.766. The van der Waals surface area contributed by atoms with E-state index in [-0.39, 0.29) is 30.4 Å². The van der Waals surface area contributed by atoms with Crippen LogP contribution in [0.2, 0.25) is 0 Å².